The molecule has 176 valence electrons. The van der Waals surface area contributed by atoms with E-state index in [2.05, 4.69) is 27.7 Å². The largest absolute Gasteiger partial charge is 0.367 e. The Morgan fingerprint density at radius 2 is 1.48 bits per heavy atom. The highest BCUT2D eigenvalue weighted by atomic mass is 16.5. The van der Waals surface area contributed by atoms with Gasteiger partial charge in [0.2, 0.25) is 0 Å². The fourth-order valence-corrected chi connectivity index (χ4v) is 10.1. The summed E-state index contributed by atoms with van der Waals surface area (Å²) in [5, 5.41) is 0. The van der Waals surface area contributed by atoms with Gasteiger partial charge in [0, 0.05) is 5.41 Å². The van der Waals surface area contributed by atoms with Crippen molar-refractivity contribution in [2.75, 3.05) is 6.61 Å². The lowest BCUT2D eigenvalue weighted by molar-refractivity contribution is -0.152. The van der Waals surface area contributed by atoms with Gasteiger partial charge in [0.1, 0.15) is 6.61 Å². The fraction of sp³-hybridized carbons (Fsp3) is 0.966. The summed E-state index contributed by atoms with van der Waals surface area (Å²) < 4.78 is 6.78. The Morgan fingerprint density at radius 3 is 2.23 bits per heavy atom. The molecule has 0 aliphatic heterocycles. The molecule has 0 spiro atoms. The molecule has 0 heterocycles. The Hall–Kier alpha value is -0.370. The first-order chi connectivity index (χ1) is 14.6. The van der Waals surface area contributed by atoms with Crippen LogP contribution in [-0.2, 0) is 9.53 Å². The van der Waals surface area contributed by atoms with Gasteiger partial charge in [-0.05, 0) is 118 Å². The molecule has 6 saturated carbocycles. The minimum absolute atomic E-state index is 0.0381. The van der Waals surface area contributed by atoms with Crippen LogP contribution in [0.1, 0.15) is 124 Å². The zero-order valence-electron chi connectivity index (χ0n) is 20.9. The van der Waals surface area contributed by atoms with Gasteiger partial charge in [-0.2, -0.15) is 0 Å². The maximum Gasteiger partial charge on any atom is 0.164 e. The van der Waals surface area contributed by atoms with Crippen LogP contribution in [0.15, 0.2) is 0 Å². The lowest BCUT2D eigenvalue weighted by Gasteiger charge is -2.48. The Kier molecular flexibility index (Phi) is 5.68. The molecule has 0 aromatic rings. The molecule has 0 aromatic carbocycles. The topological polar surface area (TPSA) is 26.3 Å². The molecule has 6 aliphatic carbocycles. The predicted molar refractivity (Wildman–Crippen MR) is 127 cm³/mol. The minimum atomic E-state index is -0.166. The third kappa shape index (κ3) is 4.67. The van der Waals surface area contributed by atoms with Gasteiger partial charge in [-0.3, -0.25) is 4.79 Å². The second-order valence-corrected chi connectivity index (χ2v) is 14.5. The van der Waals surface area contributed by atoms with E-state index in [1.165, 1.54) is 77.0 Å². The number of hydrogen-bond donors (Lipinski definition) is 0. The van der Waals surface area contributed by atoms with Gasteiger partial charge in [0.05, 0.1) is 5.60 Å². The van der Waals surface area contributed by atoms with Crippen molar-refractivity contribution < 1.29 is 9.53 Å². The smallest absolute Gasteiger partial charge is 0.164 e. The summed E-state index contributed by atoms with van der Waals surface area (Å²) in [5.41, 5.74) is 0.476. The van der Waals surface area contributed by atoms with Gasteiger partial charge < -0.3 is 4.74 Å². The predicted octanol–water partition coefficient (Wildman–Crippen LogP) is 7.73. The van der Waals surface area contributed by atoms with E-state index in [9.17, 15) is 4.79 Å². The van der Waals surface area contributed by atoms with Crippen molar-refractivity contribution in [3.05, 3.63) is 0 Å². The normalized spacial score (nSPS) is 49.0. The maximum atomic E-state index is 13.8. The third-order valence-corrected chi connectivity index (χ3v) is 10.5. The van der Waals surface area contributed by atoms with E-state index in [4.69, 9.17) is 4.74 Å². The highest BCUT2D eigenvalue weighted by Gasteiger charge is 2.52. The second kappa shape index (κ2) is 7.85. The van der Waals surface area contributed by atoms with Gasteiger partial charge in [0.15, 0.2) is 5.78 Å². The average Bonchev–Trinajstić information content (AvgIpc) is 2.96. The lowest BCUT2D eigenvalue weighted by Crippen LogP contribution is -2.46. The van der Waals surface area contributed by atoms with E-state index >= 15 is 0 Å². The molecular formula is C29H48O2. The summed E-state index contributed by atoms with van der Waals surface area (Å²) >= 11 is 0. The number of Topliss-reactive ketones (excluding diaryl/α,β-unsaturated/α-hetero) is 1. The van der Waals surface area contributed by atoms with Crippen LogP contribution in [0.3, 0.4) is 0 Å². The third-order valence-electron chi connectivity index (χ3n) is 10.5. The van der Waals surface area contributed by atoms with E-state index in [-0.39, 0.29) is 11.0 Å². The molecule has 0 saturated heterocycles. The van der Waals surface area contributed by atoms with Crippen molar-refractivity contribution >= 4 is 5.78 Å². The van der Waals surface area contributed by atoms with Crippen LogP contribution in [0.25, 0.3) is 0 Å². The van der Waals surface area contributed by atoms with Crippen LogP contribution in [0.5, 0.6) is 0 Å². The molecule has 2 heteroatoms. The molecule has 0 amide bonds. The fourth-order valence-electron chi connectivity index (χ4n) is 10.1. The number of fused-ring (bicyclic) bond motifs is 3. The van der Waals surface area contributed by atoms with Gasteiger partial charge in [0.25, 0.3) is 0 Å². The summed E-state index contributed by atoms with van der Waals surface area (Å²) in [7, 11) is 0. The molecule has 6 aliphatic rings. The van der Waals surface area contributed by atoms with Crippen LogP contribution in [0.2, 0.25) is 0 Å². The van der Waals surface area contributed by atoms with Crippen LogP contribution < -0.4 is 0 Å². The number of carbonyl (C=O) groups is 1. The quantitative estimate of drug-likeness (QED) is 0.458. The Balaban J connectivity index is 1.31. The molecule has 31 heavy (non-hydrogen) atoms. The van der Waals surface area contributed by atoms with Gasteiger partial charge in [-0.1, -0.05) is 40.0 Å². The zero-order chi connectivity index (χ0) is 21.9. The van der Waals surface area contributed by atoms with E-state index in [0.717, 1.165) is 42.9 Å². The van der Waals surface area contributed by atoms with Crippen LogP contribution in [0, 0.1) is 39.9 Å². The summed E-state index contributed by atoms with van der Waals surface area (Å²) in [5.74, 6) is 3.90. The molecule has 6 bridgehead atoms. The van der Waals surface area contributed by atoms with Crippen molar-refractivity contribution in [1.29, 1.82) is 0 Å². The number of carbonyl (C=O) groups excluding carboxylic acids is 1. The van der Waals surface area contributed by atoms with E-state index < -0.39 is 0 Å². The molecule has 0 N–H and O–H groups in total. The zero-order valence-corrected chi connectivity index (χ0v) is 20.9. The SMILES string of the molecule is CC1(C)C[C@H]2CCCC[C@@](C)(C2)C[C@](C)(OCC(=O)C23CCC4CC(CC(C4)C2)C3)C1. The van der Waals surface area contributed by atoms with Crippen molar-refractivity contribution in [3.8, 4) is 0 Å². The Morgan fingerprint density at radius 1 is 0.774 bits per heavy atom. The molecular weight excluding hydrogens is 380 g/mol. The maximum absolute atomic E-state index is 13.8. The molecule has 0 aromatic heterocycles. The van der Waals surface area contributed by atoms with Gasteiger partial charge >= 0.3 is 0 Å². The molecule has 0 radical (unpaired) electrons. The van der Waals surface area contributed by atoms with Gasteiger partial charge in [-0.15, -0.1) is 0 Å². The molecule has 2 nitrogen and oxygen atoms in total. The first-order valence-corrected chi connectivity index (χ1v) is 13.7. The van der Waals surface area contributed by atoms with Crippen molar-refractivity contribution in [2.24, 2.45) is 39.9 Å². The van der Waals surface area contributed by atoms with Crippen LogP contribution in [0.4, 0.5) is 0 Å². The Labute approximate surface area is 191 Å². The summed E-state index contributed by atoms with van der Waals surface area (Å²) in [4.78, 5) is 13.8. The molecule has 5 atom stereocenters. The first kappa shape index (κ1) is 22.4. The number of ether oxygens (including phenoxy) is 1. The van der Waals surface area contributed by atoms with Crippen LogP contribution >= 0.6 is 0 Å². The standard InChI is InChI=1S/C29H48O2/c1-26(2)14-22-7-5-6-9-27(3,15-22)20-28(4,19-26)31-18-25(30)29-10-8-21-11-23(16-29)13-24(12-21)17-29/h21-24H,5-20H2,1-4H3/t21?,22-,23?,24?,27+,28-,29?/m1/s1. The van der Waals surface area contributed by atoms with Crippen LogP contribution in [-0.4, -0.2) is 18.0 Å². The number of rotatable bonds is 4. The molecule has 6 fully saturated rings. The minimum Gasteiger partial charge on any atom is -0.367 e. The monoisotopic (exact) mass is 428 g/mol. The van der Waals surface area contributed by atoms with E-state index in [1.807, 2.05) is 0 Å². The first-order valence-electron chi connectivity index (χ1n) is 13.7. The summed E-state index contributed by atoms with van der Waals surface area (Å²) in [6.45, 7) is 10.1. The highest BCUT2D eigenvalue weighted by molar-refractivity contribution is 5.86. The lowest BCUT2D eigenvalue weighted by atomic mass is 9.60. The molecule has 6 rings (SSSR count). The van der Waals surface area contributed by atoms with Crippen molar-refractivity contribution in [1.82, 2.24) is 0 Å². The number of hydrogen-bond acceptors (Lipinski definition) is 2. The van der Waals surface area contributed by atoms with E-state index in [0.29, 0.717) is 23.2 Å². The Bertz CT molecular complexity index is 681. The highest BCUT2D eigenvalue weighted by Crippen LogP contribution is 2.58. The molecule has 2 unspecified atom stereocenters. The second-order valence-electron chi connectivity index (χ2n) is 14.5. The summed E-state index contributed by atoms with van der Waals surface area (Å²) in [6, 6.07) is 0. The summed E-state index contributed by atoms with van der Waals surface area (Å²) in [6.07, 6.45) is 19.4. The van der Waals surface area contributed by atoms with Crippen molar-refractivity contribution in [2.45, 2.75) is 130 Å². The average molecular weight is 429 g/mol. The van der Waals surface area contributed by atoms with Gasteiger partial charge in [-0.25, -0.2) is 0 Å². The van der Waals surface area contributed by atoms with E-state index in [1.54, 1.807) is 0 Å². The van der Waals surface area contributed by atoms with Crippen molar-refractivity contribution in [3.63, 3.8) is 0 Å². The number of ketones is 1.